The molecule has 1 N–H and O–H groups in total. The molecule has 2 aromatic carbocycles. The number of rotatable bonds is 6. The van der Waals surface area contributed by atoms with Gasteiger partial charge in [-0.1, -0.05) is 27.7 Å². The minimum atomic E-state index is -0.705. The zero-order chi connectivity index (χ0) is 20.1. The molecule has 0 unspecified atom stereocenters. The molecule has 0 aliphatic heterocycles. The molecule has 1 amide bonds. The summed E-state index contributed by atoms with van der Waals surface area (Å²) in [5.41, 5.74) is 1.30. The van der Waals surface area contributed by atoms with Gasteiger partial charge in [-0.25, -0.2) is 14.2 Å². The van der Waals surface area contributed by atoms with Gasteiger partial charge in [0.15, 0.2) is 17.5 Å². The van der Waals surface area contributed by atoms with Crippen molar-refractivity contribution in [1.29, 1.82) is 0 Å². The predicted octanol–water partition coefficient (Wildman–Crippen LogP) is 4.29. The summed E-state index contributed by atoms with van der Waals surface area (Å²) in [6.07, 6.45) is 3.17. The molecule has 0 radical (unpaired) electrons. The Labute approximate surface area is 173 Å². The number of imidazole rings is 1. The number of nitrogens with one attached hydrogen (secondary N) is 1. The number of thioether (sulfide) groups is 1. The molecule has 0 aliphatic rings. The first-order valence-electron chi connectivity index (χ1n) is 8.08. The van der Waals surface area contributed by atoms with Crippen molar-refractivity contribution in [2.24, 2.45) is 0 Å². The molecule has 6 nitrogen and oxygen atoms in total. The lowest BCUT2D eigenvalue weighted by Gasteiger charge is -2.11. The van der Waals surface area contributed by atoms with Crippen molar-refractivity contribution in [3.8, 4) is 5.69 Å². The van der Waals surface area contributed by atoms with E-state index in [9.17, 15) is 14.0 Å². The summed E-state index contributed by atoms with van der Waals surface area (Å²) in [5, 5.41) is 3.18. The van der Waals surface area contributed by atoms with Crippen molar-refractivity contribution in [3.63, 3.8) is 0 Å². The Morgan fingerprint density at radius 3 is 2.50 bits per heavy atom. The molecule has 3 rings (SSSR count). The summed E-state index contributed by atoms with van der Waals surface area (Å²) in [6, 6.07) is 12.7. The maximum atomic E-state index is 13.2. The van der Waals surface area contributed by atoms with Gasteiger partial charge in [0, 0.05) is 15.8 Å². The van der Waals surface area contributed by atoms with E-state index in [1.807, 2.05) is 6.26 Å². The van der Waals surface area contributed by atoms with E-state index in [0.717, 1.165) is 4.47 Å². The highest BCUT2D eigenvalue weighted by Crippen LogP contribution is 2.22. The monoisotopic (exact) mass is 463 g/mol. The van der Waals surface area contributed by atoms with Crippen LogP contribution in [0.1, 0.15) is 10.5 Å². The van der Waals surface area contributed by atoms with Crippen LogP contribution in [0.4, 0.5) is 10.1 Å². The first kappa shape index (κ1) is 20.1. The Kier molecular flexibility index (Phi) is 6.48. The maximum absolute atomic E-state index is 13.2. The van der Waals surface area contributed by atoms with E-state index in [4.69, 9.17) is 4.74 Å². The van der Waals surface area contributed by atoms with Crippen LogP contribution in [-0.4, -0.2) is 34.3 Å². The van der Waals surface area contributed by atoms with Crippen LogP contribution in [0.3, 0.4) is 0 Å². The molecule has 0 saturated heterocycles. The molecular formula is C19H15BrFN3O3S. The minimum Gasteiger partial charge on any atom is -0.451 e. The minimum absolute atomic E-state index is 0.146. The van der Waals surface area contributed by atoms with Gasteiger partial charge in [0.2, 0.25) is 0 Å². The summed E-state index contributed by atoms with van der Waals surface area (Å²) in [4.78, 5) is 28.7. The Bertz CT molecular complexity index is 991. The van der Waals surface area contributed by atoms with E-state index >= 15 is 0 Å². The fourth-order valence-electron chi connectivity index (χ4n) is 2.40. The van der Waals surface area contributed by atoms with Crippen molar-refractivity contribution in [1.82, 2.24) is 9.55 Å². The van der Waals surface area contributed by atoms with Crippen molar-refractivity contribution in [2.45, 2.75) is 5.16 Å². The number of aromatic nitrogens is 2. The second-order valence-corrected chi connectivity index (χ2v) is 7.26. The zero-order valence-electron chi connectivity index (χ0n) is 14.7. The number of hydrogen-bond acceptors (Lipinski definition) is 5. The summed E-state index contributed by atoms with van der Waals surface area (Å²) in [6.45, 7) is -0.446. The van der Waals surface area contributed by atoms with Gasteiger partial charge in [-0.05, 0) is 54.8 Å². The molecule has 28 heavy (non-hydrogen) atoms. The molecule has 1 aromatic heterocycles. The third-order valence-corrected chi connectivity index (χ3v) is 4.85. The average molecular weight is 464 g/mol. The summed E-state index contributed by atoms with van der Waals surface area (Å²) < 4.78 is 20.8. The highest BCUT2D eigenvalue weighted by atomic mass is 79.9. The third kappa shape index (κ3) is 4.79. The van der Waals surface area contributed by atoms with Gasteiger partial charge >= 0.3 is 5.97 Å². The number of carbonyl (C=O) groups is 2. The van der Waals surface area contributed by atoms with Crippen molar-refractivity contribution in [3.05, 3.63) is 70.7 Å². The second kappa shape index (κ2) is 9.03. The maximum Gasteiger partial charge on any atom is 0.357 e. The number of amides is 1. The van der Waals surface area contributed by atoms with Crippen LogP contribution in [0.25, 0.3) is 5.69 Å². The van der Waals surface area contributed by atoms with Crippen LogP contribution in [0.2, 0.25) is 0 Å². The van der Waals surface area contributed by atoms with Crippen LogP contribution in [0.15, 0.2) is 64.4 Å². The van der Waals surface area contributed by atoms with Crippen molar-refractivity contribution < 1.29 is 18.7 Å². The molecule has 0 bridgehead atoms. The van der Waals surface area contributed by atoms with Gasteiger partial charge in [0.25, 0.3) is 5.91 Å². The molecule has 0 spiro atoms. The number of anilines is 1. The van der Waals surface area contributed by atoms with Crippen LogP contribution in [0.5, 0.6) is 0 Å². The van der Waals surface area contributed by atoms with Crippen LogP contribution >= 0.6 is 27.7 Å². The molecule has 144 valence electrons. The fourth-order valence-corrected chi connectivity index (χ4v) is 3.21. The van der Waals surface area contributed by atoms with Crippen LogP contribution in [0, 0.1) is 5.82 Å². The number of nitrogens with zero attached hydrogens (tertiary/aromatic N) is 2. The highest BCUT2D eigenvalue weighted by molar-refractivity contribution is 9.10. The smallest absolute Gasteiger partial charge is 0.357 e. The first-order chi connectivity index (χ1) is 13.5. The average Bonchev–Trinajstić information content (AvgIpc) is 3.13. The van der Waals surface area contributed by atoms with Crippen molar-refractivity contribution >= 4 is 45.3 Å². The Balaban J connectivity index is 1.70. The number of carbonyl (C=O) groups excluding carboxylic acids is 2. The Hall–Kier alpha value is -2.65. The first-order valence-corrected chi connectivity index (χ1v) is 10.1. The molecule has 0 fully saturated rings. The molecular weight excluding hydrogens is 449 g/mol. The van der Waals surface area contributed by atoms with Gasteiger partial charge in [-0.15, -0.1) is 0 Å². The van der Waals surface area contributed by atoms with E-state index in [1.54, 1.807) is 28.8 Å². The van der Waals surface area contributed by atoms with Crippen LogP contribution in [-0.2, 0) is 9.53 Å². The largest absolute Gasteiger partial charge is 0.451 e. The predicted molar refractivity (Wildman–Crippen MR) is 108 cm³/mol. The van der Waals surface area contributed by atoms with E-state index < -0.39 is 18.5 Å². The quantitative estimate of drug-likeness (QED) is 0.435. The summed E-state index contributed by atoms with van der Waals surface area (Å²) in [5.74, 6) is -1.56. The van der Waals surface area contributed by atoms with Gasteiger partial charge < -0.3 is 10.1 Å². The van der Waals surface area contributed by atoms with E-state index in [2.05, 4.69) is 26.2 Å². The van der Waals surface area contributed by atoms with E-state index in [-0.39, 0.29) is 11.5 Å². The van der Waals surface area contributed by atoms with Gasteiger partial charge in [0.05, 0.1) is 6.20 Å². The van der Waals surface area contributed by atoms with Crippen LogP contribution < -0.4 is 5.32 Å². The highest BCUT2D eigenvalue weighted by Gasteiger charge is 2.20. The SMILES string of the molecule is CSc1ncc(C(=O)OCC(=O)Nc2ccc(Br)cc2)n1-c1ccc(F)cc1. The molecule has 0 atom stereocenters. The topological polar surface area (TPSA) is 73.2 Å². The Morgan fingerprint density at radius 1 is 1.18 bits per heavy atom. The number of esters is 1. The van der Waals surface area contributed by atoms with E-state index in [1.165, 1.54) is 42.2 Å². The molecule has 3 aromatic rings. The number of hydrogen-bond donors (Lipinski definition) is 1. The lowest BCUT2D eigenvalue weighted by molar-refractivity contribution is -0.119. The lowest BCUT2D eigenvalue weighted by atomic mass is 10.3. The number of benzene rings is 2. The third-order valence-electron chi connectivity index (χ3n) is 3.67. The van der Waals surface area contributed by atoms with Gasteiger partial charge in [0.1, 0.15) is 5.82 Å². The molecule has 9 heteroatoms. The van der Waals surface area contributed by atoms with E-state index in [0.29, 0.717) is 16.5 Å². The fraction of sp³-hybridized carbons (Fsp3) is 0.105. The summed E-state index contributed by atoms with van der Waals surface area (Å²) >= 11 is 4.64. The molecule has 1 heterocycles. The molecule has 0 saturated carbocycles. The lowest BCUT2D eigenvalue weighted by Crippen LogP contribution is -2.22. The number of halogens is 2. The second-order valence-electron chi connectivity index (χ2n) is 5.57. The molecule has 0 aliphatic carbocycles. The van der Waals surface area contributed by atoms with Gasteiger partial charge in [-0.2, -0.15) is 0 Å². The normalized spacial score (nSPS) is 10.5. The van der Waals surface area contributed by atoms with Gasteiger partial charge in [-0.3, -0.25) is 9.36 Å². The summed E-state index contributed by atoms with van der Waals surface area (Å²) in [7, 11) is 0. The van der Waals surface area contributed by atoms with Crippen molar-refractivity contribution in [2.75, 3.05) is 18.2 Å². The zero-order valence-corrected chi connectivity index (χ0v) is 17.1. The Morgan fingerprint density at radius 2 is 1.86 bits per heavy atom. The number of ether oxygens (including phenoxy) is 1. The standard InChI is InChI=1S/C19H15BrFN3O3S/c1-28-19-22-10-16(24(19)15-8-4-13(21)5-9-15)18(26)27-11-17(25)23-14-6-2-12(20)3-7-14/h2-10H,11H2,1H3,(H,23,25).